The minimum atomic E-state index is -0.0335. The molecule has 4 rings (SSSR count). The van der Waals surface area contributed by atoms with Gasteiger partial charge in [0, 0.05) is 24.0 Å². The van der Waals surface area contributed by atoms with Gasteiger partial charge in [-0.25, -0.2) is 9.97 Å². The van der Waals surface area contributed by atoms with E-state index in [4.69, 9.17) is 4.98 Å². The van der Waals surface area contributed by atoms with Gasteiger partial charge in [-0.2, -0.15) is 0 Å². The highest BCUT2D eigenvalue weighted by atomic mass is 32.2. The van der Waals surface area contributed by atoms with Crippen LogP contribution in [-0.4, -0.2) is 26.1 Å². The lowest BCUT2D eigenvalue weighted by atomic mass is 10.0. The van der Waals surface area contributed by atoms with E-state index >= 15 is 0 Å². The number of nitrogens with one attached hydrogen (secondary N) is 1. The van der Waals surface area contributed by atoms with E-state index in [1.54, 1.807) is 23.6 Å². The van der Waals surface area contributed by atoms with Crippen LogP contribution in [0.15, 0.2) is 22.7 Å². The molecule has 0 radical (unpaired) electrons. The first-order valence-corrected chi connectivity index (χ1v) is 12.2. The number of aromatic amines is 1. The molecule has 6 nitrogen and oxygen atoms in total. The zero-order valence-electron chi connectivity index (χ0n) is 17.9. The van der Waals surface area contributed by atoms with Crippen LogP contribution in [0, 0.1) is 20.8 Å². The number of hydrogen-bond donors (Lipinski definition) is 1. The number of H-pyrrole nitrogens is 1. The van der Waals surface area contributed by atoms with Crippen molar-refractivity contribution in [2.75, 3.05) is 4.90 Å². The smallest absolute Gasteiger partial charge is 0.230 e. The van der Waals surface area contributed by atoms with Crippen molar-refractivity contribution in [3.05, 3.63) is 45.7 Å². The van der Waals surface area contributed by atoms with Crippen molar-refractivity contribution in [2.45, 2.75) is 70.2 Å². The van der Waals surface area contributed by atoms with Gasteiger partial charge in [0.15, 0.2) is 5.13 Å². The number of aromatic nitrogens is 4. The Hall–Kier alpha value is -2.19. The highest BCUT2D eigenvalue weighted by Crippen LogP contribution is 2.36. The predicted molar refractivity (Wildman–Crippen MR) is 123 cm³/mol. The topological polar surface area (TPSA) is 74.8 Å². The average molecular weight is 442 g/mol. The van der Waals surface area contributed by atoms with Crippen LogP contribution in [0.3, 0.4) is 0 Å². The molecule has 158 valence electrons. The Morgan fingerprint density at radius 1 is 1.20 bits per heavy atom. The maximum Gasteiger partial charge on any atom is 0.230 e. The molecule has 3 aromatic rings. The summed E-state index contributed by atoms with van der Waals surface area (Å²) in [6, 6.07) is 4.21. The second-order valence-electron chi connectivity index (χ2n) is 8.00. The molecule has 1 aromatic carbocycles. The Morgan fingerprint density at radius 3 is 2.57 bits per heavy atom. The molecule has 8 heteroatoms. The molecule has 1 amide bonds. The molecule has 2 heterocycles. The number of carbonyl (C=O) groups is 1. The van der Waals surface area contributed by atoms with Gasteiger partial charge in [0.05, 0.1) is 11.4 Å². The molecule has 0 saturated heterocycles. The summed E-state index contributed by atoms with van der Waals surface area (Å²) in [6.45, 7) is 7.75. The van der Waals surface area contributed by atoms with E-state index in [2.05, 4.69) is 34.2 Å². The Kier molecular flexibility index (Phi) is 6.24. The highest BCUT2D eigenvalue weighted by molar-refractivity contribution is 7.98. The molecule has 1 aliphatic rings. The second-order valence-corrected chi connectivity index (χ2v) is 9.78. The molecule has 1 N–H and O–H groups in total. The molecule has 0 unspecified atom stereocenters. The highest BCUT2D eigenvalue weighted by Gasteiger charge is 2.23. The largest absolute Gasteiger partial charge is 0.274 e. The summed E-state index contributed by atoms with van der Waals surface area (Å²) in [7, 11) is 0. The molecule has 1 fully saturated rings. The summed E-state index contributed by atoms with van der Waals surface area (Å²) in [5.41, 5.74) is 5.21. The number of rotatable bonds is 6. The fourth-order valence-electron chi connectivity index (χ4n) is 4.22. The van der Waals surface area contributed by atoms with Crippen LogP contribution in [0.1, 0.15) is 66.7 Å². The Morgan fingerprint density at radius 2 is 1.90 bits per heavy atom. The molecule has 0 spiro atoms. The van der Waals surface area contributed by atoms with E-state index in [1.165, 1.54) is 42.6 Å². The number of thiazole rings is 1. The standard InChI is InChI=1S/C22H27N5OS2/c1-13-9-14(2)19(15(3)10-13)27(16(4)28)22-23-18(12-30-22)11-29-21-24-20(25-26-21)17-7-5-6-8-17/h9-10,12,17H,5-8,11H2,1-4H3,(H,24,25,26). The lowest BCUT2D eigenvalue weighted by Gasteiger charge is -2.23. The zero-order chi connectivity index (χ0) is 21.3. The summed E-state index contributed by atoms with van der Waals surface area (Å²) >= 11 is 3.07. The van der Waals surface area contributed by atoms with Crippen molar-refractivity contribution >= 4 is 39.8 Å². The van der Waals surface area contributed by atoms with Crippen LogP contribution in [0.2, 0.25) is 0 Å². The maximum absolute atomic E-state index is 12.5. The number of nitrogens with zero attached hydrogens (tertiary/aromatic N) is 4. The number of anilines is 2. The van der Waals surface area contributed by atoms with Crippen LogP contribution in [0.5, 0.6) is 0 Å². The van der Waals surface area contributed by atoms with Gasteiger partial charge in [-0.1, -0.05) is 42.3 Å². The third-order valence-corrected chi connectivity index (χ3v) is 7.23. The number of carbonyl (C=O) groups excluding carboxylic acids is 1. The predicted octanol–water partition coefficient (Wildman–Crippen LogP) is 5.82. The van der Waals surface area contributed by atoms with Gasteiger partial charge in [-0.15, -0.1) is 16.4 Å². The third-order valence-electron chi connectivity index (χ3n) is 5.48. The third kappa shape index (κ3) is 4.44. The fourth-order valence-corrected chi connectivity index (χ4v) is 5.90. The van der Waals surface area contributed by atoms with Crippen molar-refractivity contribution in [1.29, 1.82) is 0 Å². The van der Waals surface area contributed by atoms with Crippen LogP contribution < -0.4 is 4.90 Å². The maximum atomic E-state index is 12.5. The minimum Gasteiger partial charge on any atom is -0.274 e. The van der Waals surface area contributed by atoms with Gasteiger partial charge in [0.2, 0.25) is 11.1 Å². The summed E-state index contributed by atoms with van der Waals surface area (Å²) in [5, 5.41) is 11.0. The van der Waals surface area contributed by atoms with E-state index in [-0.39, 0.29) is 5.91 Å². The zero-order valence-corrected chi connectivity index (χ0v) is 19.5. The number of amides is 1. The molecular weight excluding hydrogens is 414 g/mol. The van der Waals surface area contributed by atoms with Gasteiger partial charge >= 0.3 is 0 Å². The van der Waals surface area contributed by atoms with E-state index in [0.717, 1.165) is 33.5 Å². The molecule has 2 aromatic heterocycles. The van der Waals surface area contributed by atoms with Crippen molar-refractivity contribution in [2.24, 2.45) is 0 Å². The van der Waals surface area contributed by atoms with E-state index in [0.29, 0.717) is 16.8 Å². The van der Waals surface area contributed by atoms with Crippen LogP contribution in [0.4, 0.5) is 10.8 Å². The molecule has 1 aliphatic carbocycles. The lowest BCUT2D eigenvalue weighted by Crippen LogP contribution is -2.24. The summed E-state index contributed by atoms with van der Waals surface area (Å²) in [5.74, 6) is 2.19. The quantitative estimate of drug-likeness (QED) is 0.488. The number of benzene rings is 1. The van der Waals surface area contributed by atoms with E-state index in [1.807, 2.05) is 19.2 Å². The number of thioether (sulfide) groups is 1. The van der Waals surface area contributed by atoms with Crippen molar-refractivity contribution in [3.63, 3.8) is 0 Å². The van der Waals surface area contributed by atoms with Gasteiger partial charge in [-0.05, 0) is 44.7 Å². The Labute approximate surface area is 185 Å². The molecule has 0 bridgehead atoms. The molecule has 0 atom stereocenters. The minimum absolute atomic E-state index is 0.0335. The number of aryl methyl sites for hydroxylation is 3. The van der Waals surface area contributed by atoms with E-state index in [9.17, 15) is 4.79 Å². The van der Waals surface area contributed by atoms with Crippen molar-refractivity contribution in [3.8, 4) is 0 Å². The van der Waals surface area contributed by atoms with Gasteiger partial charge in [0.25, 0.3) is 0 Å². The first-order chi connectivity index (χ1) is 14.4. The van der Waals surface area contributed by atoms with Gasteiger partial charge in [-0.3, -0.25) is 14.8 Å². The first-order valence-electron chi connectivity index (χ1n) is 10.3. The van der Waals surface area contributed by atoms with E-state index < -0.39 is 0 Å². The van der Waals surface area contributed by atoms with Gasteiger partial charge in [0.1, 0.15) is 5.82 Å². The van der Waals surface area contributed by atoms with Crippen LogP contribution in [-0.2, 0) is 10.5 Å². The van der Waals surface area contributed by atoms with Crippen molar-refractivity contribution < 1.29 is 4.79 Å². The fraction of sp³-hybridized carbons (Fsp3) is 0.455. The number of hydrogen-bond acceptors (Lipinski definition) is 6. The molecule has 0 aliphatic heterocycles. The van der Waals surface area contributed by atoms with Crippen molar-refractivity contribution in [1.82, 2.24) is 20.2 Å². The summed E-state index contributed by atoms with van der Waals surface area (Å²) in [6.07, 6.45) is 4.96. The SMILES string of the molecule is CC(=O)N(c1nc(CSc2n[nH]c(C3CCCC3)n2)cs1)c1c(C)cc(C)cc1C. The van der Waals surface area contributed by atoms with Crippen LogP contribution in [0.25, 0.3) is 0 Å². The second kappa shape index (κ2) is 8.89. The Balaban J connectivity index is 1.49. The normalized spacial score (nSPS) is 14.4. The summed E-state index contributed by atoms with van der Waals surface area (Å²) < 4.78 is 0. The monoisotopic (exact) mass is 441 g/mol. The molecular formula is C22H27N5OS2. The first kappa shape index (κ1) is 21.1. The van der Waals surface area contributed by atoms with Gasteiger partial charge < -0.3 is 0 Å². The Bertz CT molecular complexity index is 1030. The molecule has 30 heavy (non-hydrogen) atoms. The average Bonchev–Trinajstić information content (AvgIpc) is 3.44. The molecule has 1 saturated carbocycles. The summed E-state index contributed by atoms with van der Waals surface area (Å²) in [4.78, 5) is 23.7. The lowest BCUT2D eigenvalue weighted by molar-refractivity contribution is -0.115. The van der Waals surface area contributed by atoms with Crippen LogP contribution >= 0.6 is 23.1 Å².